The zero-order chi connectivity index (χ0) is 17.3. The molecule has 0 aliphatic carbocycles. The van der Waals surface area contributed by atoms with Crippen molar-refractivity contribution in [3.8, 4) is 0 Å². The predicted octanol–water partition coefficient (Wildman–Crippen LogP) is 4.76. The summed E-state index contributed by atoms with van der Waals surface area (Å²) in [7, 11) is -1.69. The van der Waals surface area contributed by atoms with E-state index in [1.165, 1.54) is 5.56 Å². The highest BCUT2D eigenvalue weighted by Crippen LogP contribution is 2.36. The zero-order valence-electron chi connectivity index (χ0n) is 15.5. The van der Waals surface area contributed by atoms with E-state index < -0.39 is 8.32 Å². The van der Waals surface area contributed by atoms with Gasteiger partial charge in [0.1, 0.15) is 0 Å². The molecule has 1 rings (SSSR count). The highest BCUT2D eigenvalue weighted by molar-refractivity contribution is 6.74. The number of ether oxygens (including phenoxy) is 1. The van der Waals surface area contributed by atoms with Crippen molar-refractivity contribution in [2.45, 2.75) is 70.9 Å². The number of benzene rings is 1. The van der Waals surface area contributed by atoms with Crippen LogP contribution in [0.4, 0.5) is 0 Å². The molecule has 0 radical (unpaired) electrons. The summed E-state index contributed by atoms with van der Waals surface area (Å²) in [5.74, 6) is 0. The van der Waals surface area contributed by atoms with E-state index in [0.29, 0.717) is 26.2 Å². The number of aliphatic hydroxyl groups is 1. The second kappa shape index (κ2) is 9.57. The van der Waals surface area contributed by atoms with Crippen molar-refractivity contribution in [2.75, 3.05) is 13.2 Å². The van der Waals surface area contributed by atoms with Gasteiger partial charge in [-0.25, -0.2) is 0 Å². The Morgan fingerprint density at radius 3 is 2.30 bits per heavy atom. The summed E-state index contributed by atoms with van der Waals surface area (Å²) < 4.78 is 11.7. The lowest BCUT2D eigenvalue weighted by atomic mass is 10.1. The monoisotopic (exact) mass is 338 g/mol. The zero-order valence-corrected chi connectivity index (χ0v) is 16.5. The molecule has 23 heavy (non-hydrogen) atoms. The number of rotatable bonds is 10. The van der Waals surface area contributed by atoms with Gasteiger partial charge in [-0.3, -0.25) is 0 Å². The Bertz CT molecular complexity index is 426. The Morgan fingerprint density at radius 2 is 1.70 bits per heavy atom. The molecule has 1 atom stereocenters. The standard InChI is InChI=1S/C19H34O3Si/c1-19(2,3)23(4,5)22-15-13-18(20)12-9-14-21-16-17-10-7-6-8-11-17/h6-8,10-11,18,20H,9,12-16H2,1-5H3. The molecular weight excluding hydrogens is 304 g/mol. The molecule has 0 aromatic heterocycles. The molecule has 1 aromatic rings. The van der Waals surface area contributed by atoms with Crippen LogP contribution in [0.25, 0.3) is 0 Å². The molecule has 0 saturated carbocycles. The first-order valence-electron chi connectivity index (χ1n) is 8.66. The molecule has 0 aliphatic heterocycles. The molecule has 0 spiro atoms. The van der Waals surface area contributed by atoms with Gasteiger partial charge in [-0.05, 0) is 43.0 Å². The molecule has 132 valence electrons. The summed E-state index contributed by atoms with van der Waals surface area (Å²) in [5, 5.41) is 10.3. The van der Waals surface area contributed by atoms with Gasteiger partial charge in [0.05, 0.1) is 12.7 Å². The van der Waals surface area contributed by atoms with E-state index in [-0.39, 0.29) is 11.1 Å². The average Bonchev–Trinajstić information content (AvgIpc) is 2.46. The van der Waals surface area contributed by atoms with Crippen LogP contribution in [-0.2, 0) is 15.8 Å². The van der Waals surface area contributed by atoms with E-state index in [2.05, 4.69) is 46.0 Å². The second-order valence-corrected chi connectivity index (χ2v) is 12.5. The maximum Gasteiger partial charge on any atom is 0.191 e. The molecule has 0 saturated heterocycles. The van der Waals surface area contributed by atoms with Gasteiger partial charge in [0, 0.05) is 13.2 Å². The average molecular weight is 339 g/mol. The Kier molecular flexibility index (Phi) is 8.48. The molecule has 0 bridgehead atoms. The maximum absolute atomic E-state index is 10.0. The number of hydrogen-bond acceptors (Lipinski definition) is 3. The molecule has 0 aliphatic rings. The van der Waals surface area contributed by atoms with Gasteiger partial charge >= 0.3 is 0 Å². The van der Waals surface area contributed by atoms with E-state index in [1.54, 1.807) is 0 Å². The van der Waals surface area contributed by atoms with Gasteiger partial charge in [0.15, 0.2) is 8.32 Å². The molecule has 1 N–H and O–H groups in total. The van der Waals surface area contributed by atoms with Crippen LogP contribution in [0.1, 0.15) is 45.6 Å². The van der Waals surface area contributed by atoms with Crippen molar-refractivity contribution < 1.29 is 14.3 Å². The van der Waals surface area contributed by atoms with Crippen LogP contribution < -0.4 is 0 Å². The van der Waals surface area contributed by atoms with E-state index in [4.69, 9.17) is 9.16 Å². The summed E-state index contributed by atoms with van der Waals surface area (Å²) in [6.45, 7) is 13.2. The summed E-state index contributed by atoms with van der Waals surface area (Å²) in [6, 6.07) is 10.2. The van der Waals surface area contributed by atoms with Crippen molar-refractivity contribution in [3.05, 3.63) is 35.9 Å². The van der Waals surface area contributed by atoms with Gasteiger partial charge in [0.2, 0.25) is 0 Å². The molecule has 4 heteroatoms. The second-order valence-electron chi connectivity index (χ2n) is 7.73. The Hall–Kier alpha value is -0.683. The molecule has 1 aromatic carbocycles. The van der Waals surface area contributed by atoms with Crippen LogP contribution >= 0.6 is 0 Å². The minimum atomic E-state index is -1.69. The van der Waals surface area contributed by atoms with E-state index >= 15 is 0 Å². The van der Waals surface area contributed by atoms with Crippen molar-refractivity contribution >= 4 is 8.32 Å². The van der Waals surface area contributed by atoms with Crippen LogP contribution in [0.2, 0.25) is 18.1 Å². The van der Waals surface area contributed by atoms with Gasteiger partial charge < -0.3 is 14.3 Å². The first-order valence-corrected chi connectivity index (χ1v) is 11.6. The van der Waals surface area contributed by atoms with Crippen molar-refractivity contribution in [3.63, 3.8) is 0 Å². The van der Waals surface area contributed by atoms with Crippen molar-refractivity contribution in [2.24, 2.45) is 0 Å². The van der Waals surface area contributed by atoms with Crippen LogP contribution in [0.5, 0.6) is 0 Å². The Labute approximate surface area is 143 Å². The van der Waals surface area contributed by atoms with Crippen LogP contribution in [-0.4, -0.2) is 32.7 Å². The van der Waals surface area contributed by atoms with Gasteiger partial charge in [-0.2, -0.15) is 0 Å². The van der Waals surface area contributed by atoms with E-state index in [9.17, 15) is 5.11 Å². The van der Waals surface area contributed by atoms with Crippen LogP contribution in [0.3, 0.4) is 0 Å². The normalized spacial score (nSPS) is 14.0. The molecule has 0 fully saturated rings. The first-order chi connectivity index (χ1) is 10.7. The largest absolute Gasteiger partial charge is 0.417 e. The smallest absolute Gasteiger partial charge is 0.191 e. The Morgan fingerprint density at radius 1 is 1.04 bits per heavy atom. The highest BCUT2D eigenvalue weighted by Gasteiger charge is 2.36. The molecule has 0 amide bonds. The summed E-state index contributed by atoms with van der Waals surface area (Å²) >= 11 is 0. The fraction of sp³-hybridized carbons (Fsp3) is 0.684. The van der Waals surface area contributed by atoms with E-state index in [0.717, 1.165) is 12.8 Å². The molecular formula is C19H34O3Si. The lowest BCUT2D eigenvalue weighted by Crippen LogP contribution is -2.41. The highest BCUT2D eigenvalue weighted by atomic mass is 28.4. The molecule has 1 unspecified atom stereocenters. The third-order valence-electron chi connectivity index (χ3n) is 4.66. The van der Waals surface area contributed by atoms with Crippen molar-refractivity contribution in [1.82, 2.24) is 0 Å². The van der Waals surface area contributed by atoms with Gasteiger partial charge in [-0.15, -0.1) is 0 Å². The third-order valence-corrected chi connectivity index (χ3v) is 9.20. The van der Waals surface area contributed by atoms with Gasteiger partial charge in [-0.1, -0.05) is 51.1 Å². The minimum absolute atomic E-state index is 0.225. The fourth-order valence-electron chi connectivity index (χ4n) is 2.00. The van der Waals surface area contributed by atoms with Gasteiger partial charge in [0.25, 0.3) is 0 Å². The van der Waals surface area contributed by atoms with Crippen LogP contribution in [0.15, 0.2) is 30.3 Å². The summed E-state index contributed by atoms with van der Waals surface area (Å²) in [5.41, 5.74) is 1.19. The molecule has 3 nitrogen and oxygen atoms in total. The molecule has 0 heterocycles. The number of hydrogen-bond donors (Lipinski definition) is 1. The lowest BCUT2D eigenvalue weighted by Gasteiger charge is -2.36. The topological polar surface area (TPSA) is 38.7 Å². The SMILES string of the molecule is CC(C)(C)[Si](C)(C)OCCC(O)CCCOCc1ccccc1. The first kappa shape index (κ1) is 20.4. The summed E-state index contributed by atoms with van der Waals surface area (Å²) in [6.07, 6.45) is 2.08. The van der Waals surface area contributed by atoms with Crippen molar-refractivity contribution in [1.29, 1.82) is 0 Å². The minimum Gasteiger partial charge on any atom is -0.417 e. The van der Waals surface area contributed by atoms with Crippen LogP contribution in [0, 0.1) is 0 Å². The quantitative estimate of drug-likeness (QED) is 0.494. The predicted molar refractivity (Wildman–Crippen MR) is 99.1 cm³/mol. The third kappa shape index (κ3) is 8.11. The summed E-state index contributed by atoms with van der Waals surface area (Å²) in [4.78, 5) is 0. The maximum atomic E-state index is 10.0. The Balaban J connectivity index is 2.07. The van der Waals surface area contributed by atoms with E-state index in [1.807, 2.05) is 18.2 Å². The number of aliphatic hydroxyl groups excluding tert-OH is 1. The fourth-order valence-corrected chi connectivity index (χ4v) is 3.06. The lowest BCUT2D eigenvalue weighted by molar-refractivity contribution is 0.0873.